The number of rotatable bonds is 5. The van der Waals surface area contributed by atoms with Crippen molar-refractivity contribution >= 4 is 27.7 Å². The molecule has 1 aromatic heterocycles. The zero-order valence-corrected chi connectivity index (χ0v) is 12.9. The lowest BCUT2D eigenvalue weighted by atomic mass is 10.2. The lowest BCUT2D eigenvalue weighted by Crippen LogP contribution is -2.15. The number of hydrogen-bond acceptors (Lipinski definition) is 3. The molecule has 0 saturated heterocycles. The van der Waals surface area contributed by atoms with Gasteiger partial charge >= 0.3 is 0 Å². The Hall–Kier alpha value is -0.840. The van der Waals surface area contributed by atoms with Crippen LogP contribution in [0.25, 0.3) is 0 Å². The van der Waals surface area contributed by atoms with Crippen LogP contribution in [-0.2, 0) is 6.54 Å². The van der Waals surface area contributed by atoms with Gasteiger partial charge in [-0.2, -0.15) is 0 Å². The molecule has 0 spiro atoms. The molecule has 2 aromatic rings. The van der Waals surface area contributed by atoms with E-state index < -0.39 is 0 Å². The van der Waals surface area contributed by atoms with Crippen LogP contribution in [0.5, 0.6) is 0 Å². The summed E-state index contributed by atoms with van der Waals surface area (Å²) in [5.41, 5.74) is 1.33. The molecule has 0 bridgehead atoms. The van der Waals surface area contributed by atoms with Crippen LogP contribution in [0.1, 0.15) is 18.4 Å². The van der Waals surface area contributed by atoms with Crippen LogP contribution in [0.3, 0.4) is 0 Å². The van der Waals surface area contributed by atoms with Crippen LogP contribution in [0.2, 0.25) is 0 Å². The van der Waals surface area contributed by atoms with Crippen molar-refractivity contribution in [3.8, 4) is 0 Å². The summed E-state index contributed by atoms with van der Waals surface area (Å²) in [5, 5.41) is 3.53. The first kappa shape index (κ1) is 13.2. The molecule has 1 heterocycles. The first-order chi connectivity index (χ1) is 9.31. The van der Waals surface area contributed by atoms with E-state index in [1.54, 1.807) is 11.8 Å². The van der Waals surface area contributed by atoms with Crippen molar-refractivity contribution in [2.75, 3.05) is 0 Å². The Morgan fingerprint density at radius 1 is 1.21 bits per heavy atom. The van der Waals surface area contributed by atoms with Gasteiger partial charge in [0.25, 0.3) is 0 Å². The zero-order chi connectivity index (χ0) is 13.1. The monoisotopic (exact) mass is 334 g/mol. The number of halogens is 1. The van der Waals surface area contributed by atoms with Crippen LogP contribution in [0.15, 0.2) is 57.0 Å². The summed E-state index contributed by atoms with van der Waals surface area (Å²) < 4.78 is 1.16. The molecule has 1 fully saturated rings. The van der Waals surface area contributed by atoms with Crippen molar-refractivity contribution in [1.29, 1.82) is 0 Å². The first-order valence-electron chi connectivity index (χ1n) is 6.41. The van der Waals surface area contributed by atoms with E-state index in [1.807, 2.05) is 24.5 Å². The molecule has 1 aliphatic carbocycles. The highest BCUT2D eigenvalue weighted by molar-refractivity contribution is 9.10. The van der Waals surface area contributed by atoms with Crippen LogP contribution in [0, 0.1) is 0 Å². The highest BCUT2D eigenvalue weighted by Gasteiger charge is 2.19. The normalized spacial score (nSPS) is 14.6. The average molecular weight is 335 g/mol. The predicted octanol–water partition coefficient (Wildman–Crippen LogP) is 4.25. The first-order valence-corrected chi connectivity index (χ1v) is 8.02. The van der Waals surface area contributed by atoms with Gasteiger partial charge in [-0.1, -0.05) is 17.8 Å². The molecule has 1 aliphatic rings. The van der Waals surface area contributed by atoms with Gasteiger partial charge in [-0.05, 0) is 58.6 Å². The van der Waals surface area contributed by atoms with E-state index in [2.05, 4.69) is 44.4 Å². The molecule has 1 aromatic carbocycles. The Kier molecular flexibility index (Phi) is 4.21. The van der Waals surface area contributed by atoms with Gasteiger partial charge in [-0.15, -0.1) is 0 Å². The fraction of sp³-hybridized carbons (Fsp3) is 0.267. The Morgan fingerprint density at radius 2 is 2.00 bits per heavy atom. The highest BCUT2D eigenvalue weighted by Crippen LogP contribution is 2.33. The number of pyridine rings is 1. The lowest BCUT2D eigenvalue weighted by Gasteiger charge is -2.08. The van der Waals surface area contributed by atoms with E-state index in [-0.39, 0.29) is 0 Å². The maximum atomic E-state index is 4.04. The number of aromatic nitrogens is 1. The third kappa shape index (κ3) is 3.81. The minimum absolute atomic E-state index is 0.754. The van der Waals surface area contributed by atoms with Crippen molar-refractivity contribution in [1.82, 2.24) is 10.3 Å². The fourth-order valence-corrected chi connectivity index (χ4v) is 3.29. The van der Waals surface area contributed by atoms with Crippen molar-refractivity contribution in [3.63, 3.8) is 0 Å². The largest absolute Gasteiger partial charge is 0.310 e. The molecule has 3 rings (SSSR count). The van der Waals surface area contributed by atoms with Crippen molar-refractivity contribution in [2.24, 2.45) is 0 Å². The predicted molar refractivity (Wildman–Crippen MR) is 82.4 cm³/mol. The molecule has 0 unspecified atom stereocenters. The van der Waals surface area contributed by atoms with Gasteiger partial charge in [0, 0.05) is 39.2 Å². The summed E-state index contributed by atoms with van der Waals surface area (Å²) in [7, 11) is 0. The molecule has 0 radical (unpaired) electrons. The van der Waals surface area contributed by atoms with E-state index in [4.69, 9.17) is 0 Å². The van der Waals surface area contributed by atoms with E-state index in [0.29, 0.717) is 0 Å². The van der Waals surface area contributed by atoms with E-state index in [1.165, 1.54) is 28.2 Å². The van der Waals surface area contributed by atoms with Gasteiger partial charge in [0.2, 0.25) is 0 Å². The second-order valence-corrected chi connectivity index (χ2v) is 6.67. The van der Waals surface area contributed by atoms with E-state index in [9.17, 15) is 0 Å². The summed E-state index contributed by atoms with van der Waals surface area (Å²) in [6, 6.07) is 11.4. The number of benzene rings is 1. The molecular formula is C15H15BrN2S. The van der Waals surface area contributed by atoms with E-state index in [0.717, 1.165) is 17.1 Å². The molecule has 0 aliphatic heterocycles. The van der Waals surface area contributed by atoms with Gasteiger partial charge in [0.05, 0.1) is 0 Å². The summed E-state index contributed by atoms with van der Waals surface area (Å²) in [5.74, 6) is 0. The standard InChI is InChI=1S/C15H15BrN2S/c16-14-9-11(10-18-12-2-3-12)1-4-15(14)19-13-5-7-17-8-6-13/h1,4-9,12,18H,2-3,10H2. The molecule has 1 saturated carbocycles. The van der Waals surface area contributed by atoms with Gasteiger partial charge in [0.1, 0.15) is 0 Å². The summed E-state index contributed by atoms with van der Waals surface area (Å²) in [6.07, 6.45) is 6.31. The Morgan fingerprint density at radius 3 is 2.68 bits per heavy atom. The summed E-state index contributed by atoms with van der Waals surface area (Å²) >= 11 is 5.42. The third-order valence-electron chi connectivity index (χ3n) is 3.05. The van der Waals surface area contributed by atoms with Gasteiger partial charge in [-0.25, -0.2) is 0 Å². The van der Waals surface area contributed by atoms with Crippen molar-refractivity contribution < 1.29 is 0 Å². The number of nitrogens with zero attached hydrogens (tertiary/aromatic N) is 1. The second kappa shape index (κ2) is 6.07. The molecule has 2 nitrogen and oxygen atoms in total. The minimum atomic E-state index is 0.754. The summed E-state index contributed by atoms with van der Waals surface area (Å²) in [6.45, 7) is 0.962. The maximum Gasteiger partial charge on any atom is 0.0318 e. The van der Waals surface area contributed by atoms with Crippen LogP contribution in [0.4, 0.5) is 0 Å². The Labute approximate surface area is 126 Å². The quantitative estimate of drug-likeness (QED) is 0.884. The average Bonchev–Trinajstić information content (AvgIpc) is 3.25. The fourth-order valence-electron chi connectivity index (χ4n) is 1.82. The molecule has 19 heavy (non-hydrogen) atoms. The smallest absolute Gasteiger partial charge is 0.0318 e. The molecule has 4 heteroatoms. The SMILES string of the molecule is Brc1cc(CNC2CC2)ccc1Sc1ccncc1. The molecule has 0 atom stereocenters. The van der Waals surface area contributed by atoms with Crippen LogP contribution in [-0.4, -0.2) is 11.0 Å². The molecular weight excluding hydrogens is 320 g/mol. The summed E-state index contributed by atoms with van der Waals surface area (Å²) in [4.78, 5) is 6.48. The van der Waals surface area contributed by atoms with Crippen molar-refractivity contribution in [2.45, 2.75) is 35.2 Å². The highest BCUT2D eigenvalue weighted by atomic mass is 79.9. The number of nitrogens with one attached hydrogen (secondary N) is 1. The molecule has 1 N–H and O–H groups in total. The third-order valence-corrected chi connectivity index (χ3v) is 5.05. The molecule has 98 valence electrons. The minimum Gasteiger partial charge on any atom is -0.310 e. The van der Waals surface area contributed by atoms with Crippen molar-refractivity contribution in [3.05, 3.63) is 52.8 Å². The van der Waals surface area contributed by atoms with Crippen LogP contribution < -0.4 is 5.32 Å². The Balaban J connectivity index is 1.68. The van der Waals surface area contributed by atoms with Gasteiger partial charge < -0.3 is 5.32 Å². The van der Waals surface area contributed by atoms with Crippen LogP contribution >= 0.6 is 27.7 Å². The van der Waals surface area contributed by atoms with E-state index >= 15 is 0 Å². The van der Waals surface area contributed by atoms with Gasteiger partial charge in [-0.3, -0.25) is 4.98 Å². The number of hydrogen-bond donors (Lipinski definition) is 1. The lowest BCUT2D eigenvalue weighted by molar-refractivity contribution is 0.687. The Bertz CT molecular complexity index is 555. The zero-order valence-electron chi connectivity index (χ0n) is 10.5. The topological polar surface area (TPSA) is 24.9 Å². The molecule has 0 amide bonds. The second-order valence-electron chi connectivity index (χ2n) is 4.70. The van der Waals surface area contributed by atoms with Gasteiger partial charge in [0.15, 0.2) is 0 Å². The maximum absolute atomic E-state index is 4.04.